The van der Waals surface area contributed by atoms with E-state index in [1.54, 1.807) is 0 Å². The van der Waals surface area contributed by atoms with Crippen LogP contribution >= 0.6 is 11.6 Å². The maximum atomic E-state index is 10.5. The molecule has 2 N–H and O–H groups in total. The number of hydrogen-bond donors (Lipinski definition) is 2. The molecule has 2 aromatic rings. The summed E-state index contributed by atoms with van der Waals surface area (Å²) in [6, 6.07) is 16.9. The maximum absolute atomic E-state index is 10.5. The number of alkyl halides is 6. The highest BCUT2D eigenvalue weighted by molar-refractivity contribution is 6.30. The molecule has 1 unspecified atom stereocenters. The van der Waals surface area contributed by atoms with Crippen molar-refractivity contribution in [3.8, 4) is 0 Å². The van der Waals surface area contributed by atoms with Crippen molar-refractivity contribution in [3.05, 3.63) is 99.9 Å². The number of para-hydroxylation sites is 2. The van der Waals surface area contributed by atoms with E-state index in [0.29, 0.717) is 13.1 Å². The number of likely N-dealkylation sites (N-methyl/N-ethyl adjacent to an activating group) is 1. The number of aliphatic hydroxyl groups excluding tert-OH is 2. The minimum atomic E-state index is -5.19. The van der Waals surface area contributed by atoms with Gasteiger partial charge in [0.15, 0.2) is 12.3 Å². The van der Waals surface area contributed by atoms with E-state index in [1.807, 2.05) is 0 Å². The van der Waals surface area contributed by atoms with Crippen molar-refractivity contribution in [2.45, 2.75) is 50.9 Å². The lowest BCUT2D eigenvalue weighted by atomic mass is 9.81. The van der Waals surface area contributed by atoms with Gasteiger partial charge >= 0.3 is 12.4 Å². The predicted molar refractivity (Wildman–Crippen MR) is 191 cm³/mol. The van der Waals surface area contributed by atoms with Gasteiger partial charge in [-0.2, -0.15) is 30.9 Å². The number of hydrogen-bond acceptors (Lipinski definition) is 7. The third-order valence-electron chi connectivity index (χ3n) is 9.42. The van der Waals surface area contributed by atoms with E-state index in [-0.39, 0.29) is 30.0 Å². The van der Waals surface area contributed by atoms with Crippen LogP contribution in [0.5, 0.6) is 0 Å². The minimum Gasteiger partial charge on any atom is -0.542 e. The second-order valence-corrected chi connectivity index (χ2v) is 15.1. The molecule has 1 atom stereocenters. The van der Waals surface area contributed by atoms with Crippen molar-refractivity contribution < 1.29 is 65.4 Å². The standard InChI is InChI=1S/C35H44ClN3O2.2C2HF3O2/c1-34(2)27-11-7-9-13-29(27)37(19-21-40)31(34)17-15-25-23-39(5,6)24-26(33(25)36)16-18-32-35(3,4)28-12-8-10-14-30(28)38(32)20-22-41;2*3-2(4,5)1(6)7/h7-17,26,40-41H,19-24H2,1-6H3;2*(H,6,7)/q+2;;/p-2/b17-15+;;. The molecule has 0 fully saturated rings. The number of aliphatic carboxylic acids is 2. The lowest BCUT2D eigenvalue weighted by molar-refractivity contribution is -0.889. The molecule has 55 heavy (non-hydrogen) atoms. The van der Waals surface area contributed by atoms with Gasteiger partial charge in [0.25, 0.3) is 0 Å². The number of carboxylic acids is 2. The topological polar surface area (TPSA) is 127 Å². The molecular formula is C39H44ClF6N3O6. The predicted octanol–water partition coefficient (Wildman–Crippen LogP) is 4.24. The van der Waals surface area contributed by atoms with E-state index in [0.717, 1.165) is 45.2 Å². The molecule has 16 heteroatoms. The number of aliphatic hydroxyl groups is 2. The Morgan fingerprint density at radius 2 is 1.44 bits per heavy atom. The first-order valence-electron chi connectivity index (χ1n) is 17.1. The van der Waals surface area contributed by atoms with E-state index in [1.165, 1.54) is 16.8 Å². The molecule has 0 radical (unpaired) electrons. The van der Waals surface area contributed by atoms with Crippen LogP contribution in [0.2, 0.25) is 0 Å². The molecule has 0 bridgehead atoms. The monoisotopic (exact) mass is 799 g/mol. The molecule has 3 aliphatic rings. The number of carbonyl (C=O) groups excluding carboxylic acids is 2. The van der Waals surface area contributed by atoms with Crippen LogP contribution in [0.15, 0.2) is 88.8 Å². The van der Waals surface area contributed by atoms with Crippen molar-refractivity contribution >= 4 is 40.6 Å². The van der Waals surface area contributed by atoms with E-state index in [9.17, 15) is 36.6 Å². The quantitative estimate of drug-likeness (QED) is 0.186. The van der Waals surface area contributed by atoms with Gasteiger partial charge in [-0.3, -0.25) is 0 Å². The Labute approximate surface area is 320 Å². The fraction of sp³-hybridized carbons (Fsp3) is 0.436. The lowest BCUT2D eigenvalue weighted by Crippen LogP contribution is -2.47. The summed E-state index contributed by atoms with van der Waals surface area (Å²) < 4.78 is 66.2. The fourth-order valence-electron chi connectivity index (χ4n) is 6.96. The third kappa shape index (κ3) is 10.5. The molecule has 3 aliphatic heterocycles. The van der Waals surface area contributed by atoms with Gasteiger partial charge in [0.1, 0.15) is 25.1 Å². The van der Waals surface area contributed by atoms with Crippen LogP contribution in [-0.2, 0) is 20.4 Å². The molecule has 5 rings (SSSR count). The number of quaternary nitrogens is 1. The Balaban J connectivity index is 0.000000494. The Hall–Kier alpha value is -4.40. The summed E-state index contributed by atoms with van der Waals surface area (Å²) in [5, 5.41) is 38.1. The van der Waals surface area contributed by atoms with Gasteiger partial charge < -0.3 is 39.4 Å². The molecular weight excluding hydrogens is 756 g/mol. The Kier molecular flexibility index (Phi) is 14.0. The van der Waals surface area contributed by atoms with E-state index in [4.69, 9.17) is 31.4 Å². The lowest BCUT2D eigenvalue weighted by Gasteiger charge is -2.37. The molecule has 0 amide bonds. The number of halogens is 7. The number of fused-ring (bicyclic) bond motifs is 2. The molecule has 300 valence electrons. The van der Waals surface area contributed by atoms with Crippen molar-refractivity contribution in [1.29, 1.82) is 0 Å². The zero-order valence-electron chi connectivity index (χ0n) is 31.2. The summed E-state index contributed by atoms with van der Waals surface area (Å²) in [4.78, 5) is 19.8. The van der Waals surface area contributed by atoms with Crippen molar-refractivity contribution in [2.75, 3.05) is 58.4 Å². The summed E-state index contributed by atoms with van der Waals surface area (Å²) in [6.45, 7) is 11.9. The summed E-state index contributed by atoms with van der Waals surface area (Å²) in [5.74, 6) is -5.99. The first-order valence-corrected chi connectivity index (χ1v) is 17.4. The van der Waals surface area contributed by atoms with Crippen molar-refractivity contribution in [2.24, 2.45) is 5.92 Å². The van der Waals surface area contributed by atoms with Crippen LogP contribution in [0.1, 0.15) is 38.8 Å². The number of benzene rings is 2. The molecule has 0 spiro atoms. The largest absolute Gasteiger partial charge is 0.542 e. The van der Waals surface area contributed by atoms with Crippen LogP contribution in [-0.4, -0.2) is 103 Å². The molecule has 0 saturated carbocycles. The summed E-state index contributed by atoms with van der Waals surface area (Å²) in [5.41, 5.74) is 11.4. The van der Waals surface area contributed by atoms with Crippen molar-refractivity contribution in [1.82, 2.24) is 0 Å². The second kappa shape index (κ2) is 17.2. The second-order valence-electron chi connectivity index (χ2n) is 14.7. The fourth-order valence-corrected chi connectivity index (χ4v) is 7.22. The average Bonchev–Trinajstić information content (AvgIpc) is 3.42. The smallest absolute Gasteiger partial charge is 0.430 e. The normalized spacial score (nSPS) is 19.5. The highest BCUT2D eigenvalue weighted by Crippen LogP contribution is 2.47. The summed E-state index contributed by atoms with van der Waals surface area (Å²) in [7, 11) is 4.50. The summed E-state index contributed by atoms with van der Waals surface area (Å²) in [6.07, 6.45) is -3.85. The first-order chi connectivity index (χ1) is 25.3. The highest BCUT2D eigenvalue weighted by Gasteiger charge is 2.44. The van der Waals surface area contributed by atoms with Gasteiger partial charge in [-0.1, -0.05) is 48.0 Å². The van der Waals surface area contributed by atoms with E-state index >= 15 is 0 Å². The number of carboxylic acid groups (broad SMARTS) is 2. The number of rotatable bonds is 7. The zero-order valence-corrected chi connectivity index (χ0v) is 31.9. The van der Waals surface area contributed by atoms with E-state index in [2.05, 4.69) is 124 Å². The summed E-state index contributed by atoms with van der Waals surface area (Å²) >= 11 is 7.18. The number of anilines is 1. The van der Waals surface area contributed by atoms with Gasteiger partial charge in [0.05, 0.1) is 44.3 Å². The molecule has 0 aliphatic carbocycles. The number of β-amino-alcohol motifs (C(OH)–C–C–N with tert-alkyl or cyclic N) is 2. The molecule has 0 aromatic heterocycles. The average molecular weight is 800 g/mol. The highest BCUT2D eigenvalue weighted by atomic mass is 35.5. The molecule has 3 heterocycles. The van der Waals surface area contributed by atoms with Crippen LogP contribution in [0.4, 0.5) is 37.7 Å². The van der Waals surface area contributed by atoms with Crippen LogP contribution in [0.25, 0.3) is 0 Å². The van der Waals surface area contributed by atoms with Gasteiger partial charge in [-0.05, 0) is 51.5 Å². The van der Waals surface area contributed by atoms with Gasteiger partial charge in [0.2, 0.25) is 5.69 Å². The Morgan fingerprint density at radius 1 is 0.909 bits per heavy atom. The number of carbonyl (C=O) groups is 2. The zero-order chi connectivity index (χ0) is 41.7. The first kappa shape index (κ1) is 45.0. The van der Waals surface area contributed by atoms with Crippen LogP contribution < -0.4 is 15.1 Å². The van der Waals surface area contributed by atoms with Crippen molar-refractivity contribution in [3.63, 3.8) is 0 Å². The van der Waals surface area contributed by atoms with Crippen LogP contribution in [0.3, 0.4) is 0 Å². The Bertz CT molecular complexity index is 1900. The maximum Gasteiger partial charge on any atom is 0.430 e. The minimum absolute atomic E-state index is 0.0235. The van der Waals surface area contributed by atoms with Crippen LogP contribution in [0, 0.1) is 5.92 Å². The van der Waals surface area contributed by atoms with Gasteiger partial charge in [0, 0.05) is 46.0 Å². The SMILES string of the molecule is CC1(C)C(=C=CC2C[N+](C)(C)CC(/C=C/C3=[N+](CCO)c4ccccc4C3(C)C)=C2Cl)N(CCO)c2ccccc21.O=C([O-])C(F)(F)F.O=C([O-])C(F)(F)F. The molecule has 9 nitrogen and oxygen atoms in total. The van der Waals surface area contributed by atoms with Gasteiger partial charge in [-0.25, -0.2) is 0 Å². The van der Waals surface area contributed by atoms with E-state index < -0.39 is 24.3 Å². The Morgan fingerprint density at radius 3 is 1.96 bits per heavy atom. The molecule has 2 aromatic carbocycles. The van der Waals surface area contributed by atoms with Gasteiger partial charge in [-0.15, -0.1) is 5.73 Å². The third-order valence-corrected chi connectivity index (χ3v) is 9.95. The number of nitrogens with zero attached hydrogens (tertiary/aromatic N) is 3. The number of allylic oxidation sites excluding steroid dienone is 1. The molecule has 0 saturated heterocycles.